The Balaban J connectivity index is 1.47. The van der Waals surface area contributed by atoms with Crippen molar-refractivity contribution < 1.29 is 4.79 Å². The summed E-state index contributed by atoms with van der Waals surface area (Å²) in [5.74, 6) is -0.0594. The number of pyridine rings is 1. The maximum atomic E-state index is 12.7. The van der Waals surface area contributed by atoms with Crippen molar-refractivity contribution in [2.75, 3.05) is 0 Å². The number of benzene rings is 2. The van der Waals surface area contributed by atoms with Crippen molar-refractivity contribution in [3.63, 3.8) is 0 Å². The van der Waals surface area contributed by atoms with E-state index < -0.39 is 0 Å². The van der Waals surface area contributed by atoms with Crippen LogP contribution in [0.5, 0.6) is 0 Å². The Morgan fingerprint density at radius 3 is 2.81 bits per heavy atom. The minimum Gasteiger partial charge on any atom is -0.350 e. The molecule has 0 radical (unpaired) electrons. The van der Waals surface area contributed by atoms with Crippen LogP contribution >= 0.6 is 11.6 Å². The van der Waals surface area contributed by atoms with Crippen molar-refractivity contribution in [3.05, 3.63) is 75.9 Å². The monoisotopic (exact) mass is 378 g/mol. The highest BCUT2D eigenvalue weighted by Gasteiger charge is 2.19. The summed E-state index contributed by atoms with van der Waals surface area (Å²) in [6, 6.07) is 16.1. The summed E-state index contributed by atoms with van der Waals surface area (Å²) in [4.78, 5) is 17.4. The van der Waals surface area contributed by atoms with E-state index in [0.29, 0.717) is 5.56 Å². The predicted molar refractivity (Wildman–Crippen MR) is 110 cm³/mol. The second kappa shape index (κ2) is 7.69. The molecular weight excluding hydrogens is 356 g/mol. The molecule has 4 rings (SSSR count). The summed E-state index contributed by atoms with van der Waals surface area (Å²) in [5, 5.41) is 4.84. The molecule has 3 aromatic rings. The molecule has 1 aliphatic rings. The number of fused-ring (bicyclic) bond motifs is 2. The van der Waals surface area contributed by atoms with Crippen LogP contribution < -0.4 is 5.32 Å². The lowest BCUT2D eigenvalue weighted by molar-refractivity contribution is 0.0938. The van der Waals surface area contributed by atoms with E-state index in [0.717, 1.165) is 53.7 Å². The van der Waals surface area contributed by atoms with E-state index in [2.05, 4.69) is 17.4 Å². The Bertz CT molecular complexity index is 985. The number of aromatic nitrogens is 1. The van der Waals surface area contributed by atoms with Gasteiger partial charge in [0, 0.05) is 22.7 Å². The van der Waals surface area contributed by atoms with E-state index in [-0.39, 0.29) is 11.9 Å². The standard InChI is InChI=1S/C23H23ClN2O/c1-15(10-11-16-6-3-2-4-7-16)25-23(27)17-12-13-19-21(14-17)26-20-9-5-8-18(20)22(19)24/h2-4,6-7,12-15H,5,8-11H2,1H3,(H,25,27). The molecule has 0 saturated carbocycles. The van der Waals surface area contributed by atoms with Crippen molar-refractivity contribution in [1.82, 2.24) is 10.3 Å². The van der Waals surface area contributed by atoms with Crippen molar-refractivity contribution in [3.8, 4) is 0 Å². The van der Waals surface area contributed by atoms with Gasteiger partial charge in [0.15, 0.2) is 0 Å². The maximum Gasteiger partial charge on any atom is 0.251 e. The van der Waals surface area contributed by atoms with Crippen LogP contribution in [0.4, 0.5) is 0 Å². The first-order valence-electron chi connectivity index (χ1n) is 9.57. The van der Waals surface area contributed by atoms with Crippen LogP contribution in [-0.2, 0) is 19.3 Å². The molecular formula is C23H23ClN2O. The first kappa shape index (κ1) is 18.0. The molecule has 27 heavy (non-hydrogen) atoms. The summed E-state index contributed by atoms with van der Waals surface area (Å²) in [6.07, 6.45) is 4.92. The Morgan fingerprint density at radius 1 is 1.19 bits per heavy atom. The minimum absolute atomic E-state index is 0.0594. The molecule has 1 N–H and O–H groups in total. The lowest BCUT2D eigenvalue weighted by Gasteiger charge is -2.14. The van der Waals surface area contributed by atoms with Gasteiger partial charge in [0.1, 0.15) is 0 Å². The van der Waals surface area contributed by atoms with E-state index in [9.17, 15) is 4.79 Å². The first-order chi connectivity index (χ1) is 13.1. The van der Waals surface area contributed by atoms with E-state index >= 15 is 0 Å². The van der Waals surface area contributed by atoms with Gasteiger partial charge in [-0.1, -0.05) is 48.0 Å². The smallest absolute Gasteiger partial charge is 0.251 e. The summed E-state index contributed by atoms with van der Waals surface area (Å²) in [7, 11) is 0. The maximum absolute atomic E-state index is 12.7. The molecule has 138 valence electrons. The predicted octanol–water partition coefficient (Wildman–Crippen LogP) is 5.13. The highest BCUT2D eigenvalue weighted by Crippen LogP contribution is 2.33. The number of hydrogen-bond donors (Lipinski definition) is 1. The third-order valence-corrected chi connectivity index (χ3v) is 5.72. The number of rotatable bonds is 5. The van der Waals surface area contributed by atoms with Gasteiger partial charge in [0.2, 0.25) is 0 Å². The van der Waals surface area contributed by atoms with Crippen molar-refractivity contribution in [2.24, 2.45) is 0 Å². The second-order valence-corrected chi connectivity index (χ2v) is 7.71. The third-order valence-electron chi connectivity index (χ3n) is 5.29. The zero-order valence-electron chi connectivity index (χ0n) is 15.5. The zero-order chi connectivity index (χ0) is 18.8. The van der Waals surface area contributed by atoms with Gasteiger partial charge in [-0.2, -0.15) is 0 Å². The van der Waals surface area contributed by atoms with E-state index in [1.807, 2.05) is 43.3 Å². The fourth-order valence-corrected chi connectivity index (χ4v) is 4.12. The van der Waals surface area contributed by atoms with Gasteiger partial charge in [0.25, 0.3) is 5.91 Å². The molecule has 0 spiro atoms. The largest absolute Gasteiger partial charge is 0.350 e. The topological polar surface area (TPSA) is 42.0 Å². The average molecular weight is 379 g/mol. The lowest BCUT2D eigenvalue weighted by Crippen LogP contribution is -2.32. The molecule has 2 aromatic carbocycles. The van der Waals surface area contributed by atoms with Crippen LogP contribution in [0.25, 0.3) is 10.9 Å². The summed E-state index contributed by atoms with van der Waals surface area (Å²) in [6.45, 7) is 2.05. The molecule has 1 heterocycles. The normalized spacial score (nSPS) is 14.1. The molecule has 0 bridgehead atoms. The number of carbonyl (C=O) groups is 1. The summed E-state index contributed by atoms with van der Waals surface area (Å²) >= 11 is 6.56. The van der Waals surface area contributed by atoms with Gasteiger partial charge in [-0.25, -0.2) is 0 Å². The number of hydrogen-bond acceptors (Lipinski definition) is 2. The quantitative estimate of drug-likeness (QED) is 0.668. The molecule has 0 aliphatic heterocycles. The van der Waals surface area contributed by atoms with Crippen LogP contribution in [0.15, 0.2) is 48.5 Å². The molecule has 3 nitrogen and oxygen atoms in total. The SMILES string of the molecule is CC(CCc1ccccc1)NC(=O)c1ccc2c(Cl)c3c(nc2c1)CCC3. The van der Waals surface area contributed by atoms with Gasteiger partial charge >= 0.3 is 0 Å². The molecule has 1 amide bonds. The Hall–Kier alpha value is -2.39. The number of nitrogens with one attached hydrogen (secondary N) is 1. The number of aryl methyl sites for hydroxylation is 2. The van der Waals surface area contributed by atoms with E-state index in [1.54, 1.807) is 0 Å². The van der Waals surface area contributed by atoms with Crippen LogP contribution in [0.3, 0.4) is 0 Å². The van der Waals surface area contributed by atoms with Gasteiger partial charge in [-0.3, -0.25) is 9.78 Å². The molecule has 0 fully saturated rings. The van der Waals surface area contributed by atoms with Gasteiger partial charge in [-0.15, -0.1) is 0 Å². The highest BCUT2D eigenvalue weighted by atomic mass is 35.5. The lowest BCUT2D eigenvalue weighted by atomic mass is 10.0. The third kappa shape index (κ3) is 3.84. The van der Waals surface area contributed by atoms with Crippen LogP contribution in [0, 0.1) is 0 Å². The Morgan fingerprint density at radius 2 is 2.00 bits per heavy atom. The second-order valence-electron chi connectivity index (χ2n) is 7.34. The minimum atomic E-state index is -0.0594. The summed E-state index contributed by atoms with van der Waals surface area (Å²) in [5.41, 5.74) is 5.00. The number of nitrogens with zero attached hydrogens (tertiary/aromatic N) is 1. The van der Waals surface area contributed by atoms with Gasteiger partial charge < -0.3 is 5.32 Å². The summed E-state index contributed by atoms with van der Waals surface area (Å²) < 4.78 is 0. The molecule has 1 aliphatic carbocycles. The highest BCUT2D eigenvalue weighted by molar-refractivity contribution is 6.36. The molecule has 0 saturated heterocycles. The molecule has 1 aromatic heterocycles. The van der Waals surface area contributed by atoms with Crippen LogP contribution in [0.1, 0.15) is 46.9 Å². The number of carbonyl (C=O) groups excluding carboxylic acids is 1. The number of halogens is 1. The zero-order valence-corrected chi connectivity index (χ0v) is 16.2. The molecule has 4 heteroatoms. The van der Waals surface area contributed by atoms with E-state index in [1.165, 1.54) is 11.1 Å². The van der Waals surface area contributed by atoms with Crippen molar-refractivity contribution >= 4 is 28.4 Å². The number of amides is 1. The van der Waals surface area contributed by atoms with Crippen molar-refractivity contribution in [1.29, 1.82) is 0 Å². The average Bonchev–Trinajstić information content (AvgIpc) is 3.16. The van der Waals surface area contributed by atoms with Gasteiger partial charge in [-0.05, 0) is 62.3 Å². The van der Waals surface area contributed by atoms with Crippen LogP contribution in [-0.4, -0.2) is 16.9 Å². The Labute approximate surface area is 164 Å². The van der Waals surface area contributed by atoms with Gasteiger partial charge in [0.05, 0.1) is 10.5 Å². The fraction of sp³-hybridized carbons (Fsp3) is 0.304. The molecule has 1 unspecified atom stereocenters. The Kier molecular flexibility index (Phi) is 5.13. The van der Waals surface area contributed by atoms with E-state index in [4.69, 9.17) is 16.6 Å². The fourth-order valence-electron chi connectivity index (χ4n) is 3.75. The molecule has 1 atom stereocenters. The van der Waals surface area contributed by atoms with Crippen LogP contribution in [0.2, 0.25) is 5.02 Å². The van der Waals surface area contributed by atoms with Crippen molar-refractivity contribution in [2.45, 2.75) is 45.1 Å². The first-order valence-corrected chi connectivity index (χ1v) is 9.95.